The smallest absolute Gasteiger partial charge is 0.226 e. The summed E-state index contributed by atoms with van der Waals surface area (Å²) in [5, 5.41) is 18.3. The van der Waals surface area contributed by atoms with Crippen molar-refractivity contribution < 1.29 is 14.3 Å². The lowest BCUT2D eigenvalue weighted by molar-refractivity contribution is 0.415. The molecule has 8 heteroatoms. The van der Waals surface area contributed by atoms with Gasteiger partial charge in [0.05, 0.1) is 12.9 Å². The Hall–Kier alpha value is -2.74. The SMILES string of the molecule is COc1ccc(-c2nnc(SCc3cc(=O)c(O)co3)n2C)cc1. The lowest BCUT2D eigenvalue weighted by Crippen LogP contribution is -2.00. The van der Waals surface area contributed by atoms with E-state index in [0.717, 1.165) is 23.4 Å². The largest absolute Gasteiger partial charge is 0.502 e. The third kappa shape index (κ3) is 3.28. The van der Waals surface area contributed by atoms with Crippen LogP contribution in [0.1, 0.15) is 5.76 Å². The molecule has 1 N–H and O–H groups in total. The molecule has 0 amide bonds. The van der Waals surface area contributed by atoms with Crippen molar-refractivity contribution in [2.75, 3.05) is 7.11 Å². The van der Waals surface area contributed by atoms with Gasteiger partial charge in [0.1, 0.15) is 17.8 Å². The van der Waals surface area contributed by atoms with Gasteiger partial charge >= 0.3 is 0 Å². The summed E-state index contributed by atoms with van der Waals surface area (Å²) in [5.41, 5.74) is 0.461. The molecule has 0 aliphatic rings. The van der Waals surface area contributed by atoms with Gasteiger partial charge in [0.15, 0.2) is 16.7 Å². The minimum Gasteiger partial charge on any atom is -0.502 e. The van der Waals surface area contributed by atoms with Crippen LogP contribution in [-0.4, -0.2) is 27.0 Å². The molecule has 2 aromatic heterocycles. The Bertz CT molecular complexity index is 902. The van der Waals surface area contributed by atoms with Crippen molar-refractivity contribution in [3.63, 3.8) is 0 Å². The van der Waals surface area contributed by atoms with Crippen LogP contribution in [0, 0.1) is 0 Å². The van der Waals surface area contributed by atoms with E-state index in [-0.39, 0.29) is 0 Å². The predicted molar refractivity (Wildman–Crippen MR) is 89.2 cm³/mol. The number of methoxy groups -OCH3 is 1. The summed E-state index contributed by atoms with van der Waals surface area (Å²) in [4.78, 5) is 11.4. The van der Waals surface area contributed by atoms with Crippen LogP contribution in [-0.2, 0) is 12.8 Å². The first-order valence-electron chi connectivity index (χ1n) is 7.06. The second kappa shape index (κ2) is 6.79. The fourth-order valence-corrected chi connectivity index (χ4v) is 2.89. The second-order valence-corrected chi connectivity index (χ2v) is 5.92. The fraction of sp³-hybridized carbons (Fsp3) is 0.188. The van der Waals surface area contributed by atoms with Gasteiger partial charge in [0, 0.05) is 18.7 Å². The molecule has 0 unspecified atom stereocenters. The van der Waals surface area contributed by atoms with Gasteiger partial charge in [-0.15, -0.1) is 10.2 Å². The molecule has 24 heavy (non-hydrogen) atoms. The van der Waals surface area contributed by atoms with E-state index in [1.54, 1.807) is 7.11 Å². The molecule has 0 saturated carbocycles. The third-order valence-corrected chi connectivity index (χ3v) is 4.44. The first-order chi connectivity index (χ1) is 11.6. The van der Waals surface area contributed by atoms with Crippen LogP contribution < -0.4 is 10.2 Å². The molecule has 0 spiro atoms. The van der Waals surface area contributed by atoms with E-state index in [2.05, 4.69) is 10.2 Å². The Morgan fingerprint density at radius 3 is 2.71 bits per heavy atom. The zero-order valence-electron chi connectivity index (χ0n) is 13.1. The molecule has 0 aliphatic carbocycles. The Labute approximate surface area is 141 Å². The van der Waals surface area contributed by atoms with Crippen LogP contribution in [0.25, 0.3) is 11.4 Å². The molecule has 0 fully saturated rings. The van der Waals surface area contributed by atoms with Gasteiger partial charge < -0.3 is 18.8 Å². The van der Waals surface area contributed by atoms with Crippen LogP contribution >= 0.6 is 11.8 Å². The summed E-state index contributed by atoms with van der Waals surface area (Å²) in [6.45, 7) is 0. The Morgan fingerprint density at radius 1 is 1.29 bits per heavy atom. The van der Waals surface area contributed by atoms with Gasteiger partial charge in [-0.05, 0) is 24.3 Å². The number of nitrogens with zero attached hydrogens (tertiary/aromatic N) is 3. The predicted octanol–water partition coefficient (Wildman–Crippen LogP) is 2.44. The fourth-order valence-electron chi connectivity index (χ4n) is 2.09. The molecular formula is C16H15N3O4S. The van der Waals surface area contributed by atoms with Crippen LogP contribution in [0.4, 0.5) is 0 Å². The van der Waals surface area contributed by atoms with Gasteiger partial charge in [-0.25, -0.2) is 0 Å². The van der Waals surface area contributed by atoms with E-state index in [1.807, 2.05) is 35.9 Å². The summed E-state index contributed by atoms with van der Waals surface area (Å²) in [7, 11) is 3.49. The molecule has 124 valence electrons. The molecule has 2 heterocycles. The van der Waals surface area contributed by atoms with Crippen LogP contribution in [0.3, 0.4) is 0 Å². The van der Waals surface area contributed by atoms with Gasteiger partial charge in [-0.3, -0.25) is 4.79 Å². The average Bonchev–Trinajstić information content (AvgIpc) is 2.97. The topological polar surface area (TPSA) is 90.4 Å². The zero-order valence-corrected chi connectivity index (χ0v) is 13.9. The molecule has 7 nitrogen and oxygen atoms in total. The molecule has 3 aromatic rings. The molecule has 0 atom stereocenters. The minimum absolute atomic E-state index is 0.399. The molecule has 0 bridgehead atoms. The van der Waals surface area contributed by atoms with Crippen molar-refractivity contribution in [3.05, 3.63) is 52.6 Å². The maximum absolute atomic E-state index is 11.4. The van der Waals surface area contributed by atoms with E-state index < -0.39 is 11.2 Å². The van der Waals surface area contributed by atoms with Crippen molar-refractivity contribution in [1.29, 1.82) is 0 Å². The molecular weight excluding hydrogens is 330 g/mol. The molecule has 0 saturated heterocycles. The van der Waals surface area contributed by atoms with E-state index in [1.165, 1.54) is 17.8 Å². The normalized spacial score (nSPS) is 10.8. The van der Waals surface area contributed by atoms with Gasteiger partial charge in [-0.2, -0.15) is 0 Å². The Kier molecular flexibility index (Phi) is 4.57. The first-order valence-corrected chi connectivity index (χ1v) is 8.04. The highest BCUT2D eigenvalue weighted by Crippen LogP contribution is 2.26. The summed E-state index contributed by atoms with van der Waals surface area (Å²) in [5.74, 6) is 1.97. The monoisotopic (exact) mass is 345 g/mol. The summed E-state index contributed by atoms with van der Waals surface area (Å²) < 4.78 is 12.2. The van der Waals surface area contributed by atoms with Crippen LogP contribution in [0.15, 0.2) is 51.0 Å². The van der Waals surface area contributed by atoms with Crippen molar-refractivity contribution in [3.8, 4) is 22.9 Å². The van der Waals surface area contributed by atoms with E-state index in [4.69, 9.17) is 9.15 Å². The number of thioether (sulfide) groups is 1. The van der Waals surface area contributed by atoms with Gasteiger partial charge in [-0.1, -0.05) is 11.8 Å². The average molecular weight is 345 g/mol. The summed E-state index contributed by atoms with van der Waals surface area (Å²) >= 11 is 1.39. The number of rotatable bonds is 5. The minimum atomic E-state index is -0.464. The highest BCUT2D eigenvalue weighted by molar-refractivity contribution is 7.98. The van der Waals surface area contributed by atoms with Crippen molar-refractivity contribution >= 4 is 11.8 Å². The third-order valence-electron chi connectivity index (χ3n) is 3.39. The maximum atomic E-state index is 11.4. The molecule has 0 radical (unpaired) electrons. The van der Waals surface area contributed by atoms with E-state index in [0.29, 0.717) is 16.7 Å². The van der Waals surface area contributed by atoms with E-state index >= 15 is 0 Å². The number of aromatic hydroxyl groups is 1. The number of hydrogen-bond acceptors (Lipinski definition) is 7. The van der Waals surface area contributed by atoms with Crippen molar-refractivity contribution in [2.45, 2.75) is 10.9 Å². The number of benzene rings is 1. The van der Waals surface area contributed by atoms with Crippen LogP contribution in [0.2, 0.25) is 0 Å². The van der Waals surface area contributed by atoms with Crippen LogP contribution in [0.5, 0.6) is 11.5 Å². The van der Waals surface area contributed by atoms with Crippen molar-refractivity contribution in [2.24, 2.45) is 7.05 Å². The maximum Gasteiger partial charge on any atom is 0.226 e. The Balaban J connectivity index is 1.76. The van der Waals surface area contributed by atoms with Crippen molar-refractivity contribution in [1.82, 2.24) is 14.8 Å². The number of aromatic nitrogens is 3. The highest BCUT2D eigenvalue weighted by Gasteiger charge is 2.12. The standard InChI is InChI=1S/C16H15N3O4S/c1-19-15(10-3-5-11(22-2)6-4-10)17-18-16(19)24-9-12-7-13(20)14(21)8-23-12/h3-8,21H,9H2,1-2H3. The second-order valence-electron chi connectivity index (χ2n) is 4.98. The zero-order chi connectivity index (χ0) is 17.1. The Morgan fingerprint density at radius 2 is 2.04 bits per heavy atom. The molecule has 1 aromatic carbocycles. The summed E-state index contributed by atoms with van der Waals surface area (Å²) in [6.07, 6.45) is 1.04. The molecule has 3 rings (SSSR count). The molecule has 0 aliphatic heterocycles. The van der Waals surface area contributed by atoms with Gasteiger partial charge in [0.25, 0.3) is 0 Å². The number of ether oxygens (including phenoxy) is 1. The lowest BCUT2D eigenvalue weighted by Gasteiger charge is -2.05. The van der Waals surface area contributed by atoms with Gasteiger partial charge in [0.2, 0.25) is 5.43 Å². The highest BCUT2D eigenvalue weighted by atomic mass is 32.2. The van der Waals surface area contributed by atoms with E-state index in [9.17, 15) is 9.90 Å². The number of hydrogen-bond donors (Lipinski definition) is 1. The first kappa shape index (κ1) is 16.1. The quantitative estimate of drug-likeness (QED) is 0.710. The lowest BCUT2D eigenvalue weighted by atomic mass is 10.2. The summed E-state index contributed by atoms with van der Waals surface area (Å²) in [6, 6.07) is 8.82.